The molecule has 0 aromatic carbocycles. The fraction of sp³-hybridized carbons (Fsp3) is 1.00. The van der Waals surface area contributed by atoms with Gasteiger partial charge in [0, 0.05) is 32.7 Å². The minimum atomic E-state index is -4.30. The van der Waals surface area contributed by atoms with Gasteiger partial charge in [0.1, 0.15) is 0 Å². The van der Waals surface area contributed by atoms with Crippen LogP contribution < -0.4 is 5.32 Å². The van der Waals surface area contributed by atoms with Crippen molar-refractivity contribution in [3.05, 3.63) is 0 Å². The maximum absolute atomic E-state index is 9.86. The molecule has 19 heavy (non-hydrogen) atoms. The molecule has 1 fully saturated rings. The SMILES string of the molecule is O=S(=O)(O)CCS(=O)(=O)O.OCCN1CCNCC1. The molecule has 0 atom stereocenters. The number of hydrogen-bond acceptors (Lipinski definition) is 7. The highest BCUT2D eigenvalue weighted by atomic mass is 32.2. The van der Waals surface area contributed by atoms with Crippen LogP contribution in [-0.4, -0.2) is 86.8 Å². The zero-order chi connectivity index (χ0) is 14.9. The van der Waals surface area contributed by atoms with Gasteiger partial charge in [-0.25, -0.2) is 0 Å². The van der Waals surface area contributed by atoms with Gasteiger partial charge in [0.25, 0.3) is 20.2 Å². The summed E-state index contributed by atoms with van der Waals surface area (Å²) in [5, 5.41) is 11.8. The summed E-state index contributed by atoms with van der Waals surface area (Å²) in [5.74, 6) is -1.96. The molecule has 1 saturated heterocycles. The van der Waals surface area contributed by atoms with E-state index in [9.17, 15) is 16.8 Å². The smallest absolute Gasteiger partial charge is 0.265 e. The predicted molar refractivity (Wildman–Crippen MR) is 69.2 cm³/mol. The second-order valence-corrected chi connectivity index (χ2v) is 7.03. The maximum atomic E-state index is 9.86. The lowest BCUT2D eigenvalue weighted by Crippen LogP contribution is -2.44. The fourth-order valence-corrected chi connectivity index (χ4v) is 2.97. The average Bonchev–Trinajstić information content (AvgIpc) is 2.28. The number of piperazine rings is 1. The topological polar surface area (TPSA) is 144 Å². The van der Waals surface area contributed by atoms with E-state index in [4.69, 9.17) is 14.2 Å². The third kappa shape index (κ3) is 13.9. The maximum Gasteiger partial charge on any atom is 0.265 e. The van der Waals surface area contributed by atoms with Crippen molar-refractivity contribution in [1.29, 1.82) is 0 Å². The van der Waals surface area contributed by atoms with Crippen molar-refractivity contribution in [1.82, 2.24) is 10.2 Å². The van der Waals surface area contributed by atoms with Crippen LogP contribution in [0.25, 0.3) is 0 Å². The molecule has 9 nitrogen and oxygen atoms in total. The molecule has 1 aliphatic rings. The molecule has 0 unspecified atom stereocenters. The first-order chi connectivity index (χ1) is 8.64. The summed E-state index contributed by atoms with van der Waals surface area (Å²) in [6.45, 7) is 5.43. The molecule has 0 spiro atoms. The number of rotatable bonds is 5. The van der Waals surface area contributed by atoms with Gasteiger partial charge in [-0.3, -0.25) is 14.0 Å². The van der Waals surface area contributed by atoms with E-state index in [1.54, 1.807) is 0 Å². The van der Waals surface area contributed by atoms with Crippen LogP contribution >= 0.6 is 0 Å². The summed E-state index contributed by atoms with van der Waals surface area (Å²) >= 11 is 0. The van der Waals surface area contributed by atoms with Crippen LogP contribution in [0.2, 0.25) is 0 Å². The number of β-amino-alcohol motifs (C(OH)–C–C–N with tert-alkyl or cyclic N) is 1. The molecule has 116 valence electrons. The van der Waals surface area contributed by atoms with E-state index in [1.165, 1.54) is 0 Å². The van der Waals surface area contributed by atoms with E-state index in [0.717, 1.165) is 32.7 Å². The quantitative estimate of drug-likeness (QED) is 0.409. The summed E-state index contributed by atoms with van der Waals surface area (Å²) in [7, 11) is -8.59. The number of aliphatic hydroxyl groups is 1. The van der Waals surface area contributed by atoms with Crippen LogP contribution in [0, 0.1) is 0 Å². The van der Waals surface area contributed by atoms with E-state index in [1.807, 2.05) is 0 Å². The third-order valence-electron chi connectivity index (χ3n) is 2.23. The van der Waals surface area contributed by atoms with Gasteiger partial charge >= 0.3 is 0 Å². The number of nitrogens with one attached hydrogen (secondary N) is 1. The Hall–Kier alpha value is -0.300. The molecular weight excluding hydrogens is 300 g/mol. The number of hydrogen-bond donors (Lipinski definition) is 4. The predicted octanol–water partition coefficient (Wildman–Crippen LogP) is -2.35. The lowest BCUT2D eigenvalue weighted by molar-refractivity contribution is 0.180. The molecule has 1 aliphatic heterocycles. The number of nitrogens with zero attached hydrogens (tertiary/aromatic N) is 1. The normalized spacial score (nSPS) is 17.6. The Kier molecular flexibility index (Phi) is 8.65. The Labute approximate surface area is 113 Å². The Bertz CT molecular complexity index is 393. The Morgan fingerprint density at radius 3 is 1.68 bits per heavy atom. The van der Waals surface area contributed by atoms with E-state index >= 15 is 0 Å². The largest absolute Gasteiger partial charge is 0.395 e. The first kappa shape index (κ1) is 18.7. The summed E-state index contributed by atoms with van der Waals surface area (Å²) in [6.07, 6.45) is 0. The molecule has 1 rings (SSSR count). The first-order valence-corrected chi connectivity index (χ1v) is 8.80. The third-order valence-corrected chi connectivity index (χ3v) is 3.92. The van der Waals surface area contributed by atoms with Crippen molar-refractivity contribution in [2.75, 3.05) is 50.8 Å². The van der Waals surface area contributed by atoms with Gasteiger partial charge in [-0.15, -0.1) is 0 Å². The summed E-state index contributed by atoms with van der Waals surface area (Å²) < 4.78 is 55.4. The molecule has 0 aromatic rings. The highest BCUT2D eigenvalue weighted by Crippen LogP contribution is 1.89. The highest BCUT2D eigenvalue weighted by molar-refractivity contribution is 7.89. The van der Waals surface area contributed by atoms with Crippen molar-refractivity contribution in [3.8, 4) is 0 Å². The van der Waals surface area contributed by atoms with Gasteiger partial charge in [0.05, 0.1) is 18.1 Å². The van der Waals surface area contributed by atoms with Crippen LogP contribution in [0.1, 0.15) is 0 Å². The zero-order valence-corrected chi connectivity index (χ0v) is 12.0. The van der Waals surface area contributed by atoms with Crippen LogP contribution in [0.5, 0.6) is 0 Å². The van der Waals surface area contributed by atoms with Crippen LogP contribution in [-0.2, 0) is 20.2 Å². The minimum absolute atomic E-state index is 0.292. The standard InChI is InChI=1S/C6H14N2O.C2H6O6S2/c9-6-5-8-3-1-7-2-4-8;3-9(4,5)1-2-10(6,7)8/h7,9H,1-6H2;1-2H2,(H,3,4,5)(H,6,7,8). The summed E-state index contributed by atoms with van der Waals surface area (Å²) in [4.78, 5) is 2.26. The van der Waals surface area contributed by atoms with Crippen molar-refractivity contribution in [2.45, 2.75) is 0 Å². The Balaban J connectivity index is 0.000000342. The molecule has 0 saturated carbocycles. The molecule has 0 radical (unpaired) electrons. The fourth-order valence-electron chi connectivity index (χ4n) is 1.29. The lowest BCUT2D eigenvalue weighted by Gasteiger charge is -2.25. The van der Waals surface area contributed by atoms with Crippen LogP contribution in [0.4, 0.5) is 0 Å². The van der Waals surface area contributed by atoms with Gasteiger partial charge in [0.2, 0.25) is 0 Å². The second-order valence-electron chi connectivity index (χ2n) is 3.89. The van der Waals surface area contributed by atoms with Gasteiger partial charge < -0.3 is 10.4 Å². The van der Waals surface area contributed by atoms with E-state index in [0.29, 0.717) is 6.61 Å². The first-order valence-electron chi connectivity index (χ1n) is 5.58. The van der Waals surface area contributed by atoms with Gasteiger partial charge in [0.15, 0.2) is 0 Å². The molecule has 11 heteroatoms. The van der Waals surface area contributed by atoms with Crippen molar-refractivity contribution < 1.29 is 31.0 Å². The molecule has 0 amide bonds. The summed E-state index contributed by atoms with van der Waals surface area (Å²) in [5.41, 5.74) is 0. The summed E-state index contributed by atoms with van der Waals surface area (Å²) in [6, 6.07) is 0. The van der Waals surface area contributed by atoms with Crippen LogP contribution in [0.3, 0.4) is 0 Å². The molecule has 0 aromatic heterocycles. The monoisotopic (exact) mass is 320 g/mol. The zero-order valence-electron chi connectivity index (χ0n) is 10.4. The van der Waals surface area contributed by atoms with Gasteiger partial charge in [-0.1, -0.05) is 0 Å². The Morgan fingerprint density at radius 2 is 1.37 bits per heavy atom. The Morgan fingerprint density at radius 1 is 0.947 bits per heavy atom. The lowest BCUT2D eigenvalue weighted by atomic mass is 10.4. The van der Waals surface area contributed by atoms with E-state index < -0.39 is 31.7 Å². The second kappa shape index (κ2) is 8.79. The molecular formula is C8H20N2O7S2. The minimum Gasteiger partial charge on any atom is -0.395 e. The van der Waals surface area contributed by atoms with Crippen LogP contribution in [0.15, 0.2) is 0 Å². The molecule has 0 aliphatic carbocycles. The highest BCUT2D eigenvalue weighted by Gasteiger charge is 2.11. The molecule has 1 heterocycles. The molecule has 4 N–H and O–H groups in total. The van der Waals surface area contributed by atoms with E-state index in [-0.39, 0.29) is 0 Å². The van der Waals surface area contributed by atoms with Crippen molar-refractivity contribution in [2.24, 2.45) is 0 Å². The van der Waals surface area contributed by atoms with Crippen molar-refractivity contribution in [3.63, 3.8) is 0 Å². The number of aliphatic hydroxyl groups excluding tert-OH is 1. The van der Waals surface area contributed by atoms with Gasteiger partial charge in [-0.05, 0) is 0 Å². The molecule has 0 bridgehead atoms. The van der Waals surface area contributed by atoms with Crippen molar-refractivity contribution >= 4 is 20.2 Å². The van der Waals surface area contributed by atoms with E-state index in [2.05, 4.69) is 10.2 Å². The van der Waals surface area contributed by atoms with Gasteiger partial charge in [-0.2, -0.15) is 16.8 Å². The average molecular weight is 320 g/mol.